The van der Waals surface area contributed by atoms with Gasteiger partial charge in [-0.1, -0.05) is 0 Å². The lowest BCUT2D eigenvalue weighted by atomic mass is 10.1. The van der Waals surface area contributed by atoms with Gasteiger partial charge in [0.05, 0.1) is 29.4 Å². The monoisotopic (exact) mass is 285 g/mol. The van der Waals surface area contributed by atoms with Gasteiger partial charge in [0.15, 0.2) is 9.84 Å². The Labute approximate surface area is 111 Å². The van der Waals surface area contributed by atoms with Crippen LogP contribution in [0.4, 0.5) is 5.69 Å². The number of hydrogen-bond donors (Lipinski definition) is 1. The summed E-state index contributed by atoms with van der Waals surface area (Å²) >= 11 is 0. The van der Waals surface area contributed by atoms with E-state index in [9.17, 15) is 18.3 Å². The highest BCUT2D eigenvalue weighted by atomic mass is 32.2. The van der Waals surface area contributed by atoms with Crippen molar-refractivity contribution >= 4 is 21.5 Å². The Morgan fingerprint density at radius 3 is 2.47 bits per heavy atom. The van der Waals surface area contributed by atoms with Crippen molar-refractivity contribution < 1.29 is 23.1 Å². The van der Waals surface area contributed by atoms with E-state index in [-0.39, 0.29) is 10.5 Å². The molecule has 1 aromatic carbocycles. The Kier molecular flexibility index (Phi) is 3.77. The molecule has 0 atom stereocenters. The molecule has 1 N–H and O–H groups in total. The standard InChI is InChI=1S/C12H15NO5S/c1-19(16,17)9-2-3-10(12(14)15)11(8-9)13-4-6-18-7-5-13/h2-3,8H,4-7H2,1H3,(H,14,15). The van der Waals surface area contributed by atoms with Crippen LogP contribution >= 0.6 is 0 Å². The Bertz CT molecular complexity index is 590. The molecular formula is C12H15NO5S. The van der Waals surface area contributed by atoms with E-state index in [1.807, 2.05) is 4.90 Å². The van der Waals surface area contributed by atoms with Crippen molar-refractivity contribution in [1.29, 1.82) is 0 Å². The fourth-order valence-electron chi connectivity index (χ4n) is 1.99. The number of carboxylic acid groups (broad SMARTS) is 1. The highest BCUT2D eigenvalue weighted by Gasteiger charge is 2.20. The molecule has 1 aliphatic rings. The molecule has 0 amide bonds. The molecule has 7 heteroatoms. The number of benzene rings is 1. The van der Waals surface area contributed by atoms with E-state index in [4.69, 9.17) is 4.74 Å². The maximum Gasteiger partial charge on any atom is 0.337 e. The summed E-state index contributed by atoms with van der Waals surface area (Å²) in [4.78, 5) is 13.2. The van der Waals surface area contributed by atoms with Crippen molar-refractivity contribution in [3.63, 3.8) is 0 Å². The quantitative estimate of drug-likeness (QED) is 0.876. The summed E-state index contributed by atoms with van der Waals surface area (Å²) in [5.41, 5.74) is 0.535. The number of ether oxygens (including phenoxy) is 1. The molecule has 2 rings (SSSR count). The van der Waals surface area contributed by atoms with Gasteiger partial charge in [-0.25, -0.2) is 13.2 Å². The lowest BCUT2D eigenvalue weighted by Crippen LogP contribution is -2.37. The van der Waals surface area contributed by atoms with Crippen molar-refractivity contribution in [2.75, 3.05) is 37.5 Å². The molecule has 0 bridgehead atoms. The first-order chi connectivity index (χ1) is 8.89. The van der Waals surface area contributed by atoms with Crippen LogP contribution in [0.15, 0.2) is 23.1 Å². The maximum atomic E-state index is 11.6. The van der Waals surface area contributed by atoms with Crippen LogP contribution in [0.1, 0.15) is 10.4 Å². The molecule has 0 saturated carbocycles. The van der Waals surface area contributed by atoms with Crippen molar-refractivity contribution in [3.8, 4) is 0 Å². The smallest absolute Gasteiger partial charge is 0.337 e. The molecule has 0 aliphatic carbocycles. The molecule has 1 fully saturated rings. The van der Waals surface area contributed by atoms with Gasteiger partial charge in [0.2, 0.25) is 0 Å². The van der Waals surface area contributed by atoms with Gasteiger partial charge < -0.3 is 14.7 Å². The summed E-state index contributed by atoms with van der Waals surface area (Å²) in [5.74, 6) is -1.07. The summed E-state index contributed by atoms with van der Waals surface area (Å²) < 4.78 is 28.3. The van der Waals surface area contributed by atoms with Gasteiger partial charge in [-0.2, -0.15) is 0 Å². The van der Waals surface area contributed by atoms with Gasteiger partial charge in [-0.05, 0) is 18.2 Å². The zero-order valence-corrected chi connectivity index (χ0v) is 11.3. The minimum absolute atomic E-state index is 0.106. The van der Waals surface area contributed by atoms with Crippen LogP contribution in [0.5, 0.6) is 0 Å². The summed E-state index contributed by atoms with van der Waals surface area (Å²) in [7, 11) is -3.36. The fourth-order valence-corrected chi connectivity index (χ4v) is 2.63. The van der Waals surface area contributed by atoms with Gasteiger partial charge in [-0.15, -0.1) is 0 Å². The molecule has 104 valence electrons. The predicted octanol–water partition coefficient (Wildman–Crippen LogP) is 0.625. The lowest BCUT2D eigenvalue weighted by molar-refractivity contribution is 0.0696. The zero-order valence-electron chi connectivity index (χ0n) is 10.5. The second kappa shape index (κ2) is 5.18. The van der Waals surface area contributed by atoms with Gasteiger partial charge in [0.25, 0.3) is 0 Å². The number of nitrogens with zero attached hydrogens (tertiary/aromatic N) is 1. The van der Waals surface area contributed by atoms with E-state index in [2.05, 4.69) is 0 Å². The van der Waals surface area contributed by atoms with Crippen LogP contribution in [0, 0.1) is 0 Å². The Balaban J connectivity index is 2.50. The summed E-state index contributed by atoms with van der Waals surface area (Å²) in [5, 5.41) is 9.18. The molecule has 1 aliphatic heterocycles. The number of morpholine rings is 1. The molecule has 19 heavy (non-hydrogen) atoms. The van der Waals surface area contributed by atoms with E-state index >= 15 is 0 Å². The first-order valence-electron chi connectivity index (χ1n) is 5.79. The minimum atomic E-state index is -3.36. The summed E-state index contributed by atoms with van der Waals surface area (Å²) in [6.07, 6.45) is 1.10. The van der Waals surface area contributed by atoms with Gasteiger partial charge in [0.1, 0.15) is 0 Å². The average molecular weight is 285 g/mol. The van der Waals surface area contributed by atoms with Crippen LogP contribution < -0.4 is 4.90 Å². The third-order valence-electron chi connectivity index (χ3n) is 2.98. The Morgan fingerprint density at radius 2 is 1.95 bits per heavy atom. The maximum absolute atomic E-state index is 11.6. The number of sulfone groups is 1. The molecule has 0 aromatic heterocycles. The SMILES string of the molecule is CS(=O)(=O)c1ccc(C(=O)O)c(N2CCOCC2)c1. The normalized spacial score (nSPS) is 16.4. The molecule has 1 heterocycles. The number of carbonyl (C=O) groups is 1. The Hall–Kier alpha value is -1.60. The Morgan fingerprint density at radius 1 is 1.32 bits per heavy atom. The molecule has 0 unspecified atom stereocenters. The van der Waals surface area contributed by atoms with Crippen LogP contribution in [-0.2, 0) is 14.6 Å². The van der Waals surface area contributed by atoms with Gasteiger partial charge in [0, 0.05) is 19.3 Å². The number of rotatable bonds is 3. The molecule has 0 radical (unpaired) electrons. The van der Waals surface area contributed by atoms with Crippen LogP contribution in [0.2, 0.25) is 0 Å². The highest BCUT2D eigenvalue weighted by molar-refractivity contribution is 7.90. The van der Waals surface area contributed by atoms with E-state index in [1.165, 1.54) is 18.2 Å². The summed E-state index contributed by atoms with van der Waals surface area (Å²) in [6.45, 7) is 2.10. The predicted molar refractivity (Wildman–Crippen MR) is 69.5 cm³/mol. The second-order valence-electron chi connectivity index (χ2n) is 4.36. The third-order valence-corrected chi connectivity index (χ3v) is 4.09. The van der Waals surface area contributed by atoms with Crippen molar-refractivity contribution in [2.45, 2.75) is 4.90 Å². The first-order valence-corrected chi connectivity index (χ1v) is 7.69. The van der Waals surface area contributed by atoms with Crippen molar-refractivity contribution in [3.05, 3.63) is 23.8 Å². The minimum Gasteiger partial charge on any atom is -0.478 e. The number of carboxylic acids is 1. The third kappa shape index (κ3) is 3.05. The topological polar surface area (TPSA) is 83.9 Å². The fraction of sp³-hybridized carbons (Fsp3) is 0.417. The molecule has 1 aromatic rings. The van der Waals surface area contributed by atoms with Crippen LogP contribution in [-0.4, -0.2) is 52.1 Å². The second-order valence-corrected chi connectivity index (χ2v) is 6.37. The van der Waals surface area contributed by atoms with Crippen LogP contribution in [0.25, 0.3) is 0 Å². The largest absolute Gasteiger partial charge is 0.478 e. The molecule has 6 nitrogen and oxygen atoms in total. The van der Waals surface area contributed by atoms with Crippen molar-refractivity contribution in [2.24, 2.45) is 0 Å². The summed E-state index contributed by atoms with van der Waals surface area (Å²) in [6, 6.07) is 4.08. The van der Waals surface area contributed by atoms with Crippen LogP contribution in [0.3, 0.4) is 0 Å². The van der Waals surface area contributed by atoms with Gasteiger partial charge in [-0.3, -0.25) is 0 Å². The van der Waals surface area contributed by atoms with E-state index < -0.39 is 15.8 Å². The lowest BCUT2D eigenvalue weighted by Gasteiger charge is -2.30. The first kappa shape index (κ1) is 13.8. The van der Waals surface area contributed by atoms with E-state index in [0.29, 0.717) is 32.0 Å². The zero-order chi connectivity index (χ0) is 14.0. The number of anilines is 1. The molecule has 1 saturated heterocycles. The van der Waals surface area contributed by atoms with Crippen molar-refractivity contribution in [1.82, 2.24) is 0 Å². The average Bonchev–Trinajstić information content (AvgIpc) is 2.38. The van der Waals surface area contributed by atoms with Gasteiger partial charge >= 0.3 is 5.97 Å². The van der Waals surface area contributed by atoms with E-state index in [1.54, 1.807) is 0 Å². The number of aromatic carboxylic acids is 1. The molecule has 0 spiro atoms. The van der Waals surface area contributed by atoms with E-state index in [0.717, 1.165) is 6.26 Å². The highest BCUT2D eigenvalue weighted by Crippen LogP contribution is 2.25. The number of hydrogen-bond acceptors (Lipinski definition) is 5. The molecular weight excluding hydrogens is 270 g/mol.